The first-order chi connectivity index (χ1) is 9.19. The number of carbonyl (C=O) groups excluding carboxylic acids is 1. The van der Waals surface area contributed by atoms with E-state index in [9.17, 15) is 18.0 Å². The molecule has 1 atom stereocenters. The van der Waals surface area contributed by atoms with Gasteiger partial charge in [0, 0.05) is 6.54 Å². The highest BCUT2D eigenvalue weighted by atomic mass is 19.4. The molecule has 0 saturated heterocycles. The second kappa shape index (κ2) is 9.18. The Morgan fingerprint density at radius 2 is 1.90 bits per heavy atom. The zero-order valence-electron chi connectivity index (χ0n) is 12.7. The number of hydrogen-bond acceptors (Lipinski definition) is 4. The van der Waals surface area contributed by atoms with Crippen LogP contribution in [-0.2, 0) is 9.53 Å². The summed E-state index contributed by atoms with van der Waals surface area (Å²) >= 11 is 0. The summed E-state index contributed by atoms with van der Waals surface area (Å²) in [6.45, 7) is 4.58. The summed E-state index contributed by atoms with van der Waals surface area (Å²) in [6.07, 6.45) is -3.52. The molecule has 0 aliphatic heterocycles. The van der Waals surface area contributed by atoms with Crippen LogP contribution in [0.25, 0.3) is 0 Å². The second-order valence-corrected chi connectivity index (χ2v) is 5.02. The van der Waals surface area contributed by atoms with Gasteiger partial charge in [0.2, 0.25) is 0 Å². The van der Waals surface area contributed by atoms with Gasteiger partial charge in [0.1, 0.15) is 0 Å². The van der Waals surface area contributed by atoms with E-state index < -0.39 is 12.7 Å². The summed E-state index contributed by atoms with van der Waals surface area (Å²) in [5, 5.41) is 0. The normalized spacial score (nSPS) is 13.8. The minimum absolute atomic E-state index is 0.234. The molecular weight excluding hydrogens is 273 g/mol. The number of methoxy groups -OCH3 is 1. The van der Waals surface area contributed by atoms with Crippen LogP contribution in [0.2, 0.25) is 0 Å². The van der Waals surface area contributed by atoms with Crippen LogP contribution >= 0.6 is 0 Å². The Hall–Kier alpha value is -0.820. The van der Waals surface area contributed by atoms with Gasteiger partial charge in [0.05, 0.1) is 19.6 Å². The van der Waals surface area contributed by atoms with E-state index in [0.29, 0.717) is 32.6 Å². The third kappa shape index (κ3) is 9.14. The highest BCUT2D eigenvalue weighted by Gasteiger charge is 2.29. The highest BCUT2D eigenvalue weighted by molar-refractivity contribution is 5.71. The molecule has 0 rings (SSSR count). The summed E-state index contributed by atoms with van der Waals surface area (Å²) in [6, 6.07) is 0. The van der Waals surface area contributed by atoms with Crippen molar-refractivity contribution in [3.05, 3.63) is 0 Å². The summed E-state index contributed by atoms with van der Waals surface area (Å²) in [7, 11) is 3.19. The van der Waals surface area contributed by atoms with Crippen molar-refractivity contribution in [3.63, 3.8) is 0 Å². The van der Waals surface area contributed by atoms with Crippen molar-refractivity contribution in [2.24, 2.45) is 5.92 Å². The highest BCUT2D eigenvalue weighted by Crippen LogP contribution is 2.16. The first-order valence-corrected chi connectivity index (χ1v) is 6.75. The summed E-state index contributed by atoms with van der Waals surface area (Å²) < 4.78 is 41.5. The molecule has 0 amide bonds. The summed E-state index contributed by atoms with van der Waals surface area (Å²) in [5.41, 5.74) is 0. The summed E-state index contributed by atoms with van der Waals surface area (Å²) in [5.74, 6) is -0.508. The number of hydrogen-bond donors (Lipinski definition) is 0. The van der Waals surface area contributed by atoms with Crippen molar-refractivity contribution in [1.82, 2.24) is 9.80 Å². The minimum atomic E-state index is -4.15. The van der Waals surface area contributed by atoms with E-state index in [1.807, 2.05) is 11.9 Å². The predicted molar refractivity (Wildman–Crippen MR) is 71.5 cm³/mol. The third-order valence-corrected chi connectivity index (χ3v) is 3.05. The van der Waals surface area contributed by atoms with Gasteiger partial charge in [-0.2, -0.15) is 13.2 Å². The molecular formula is C13H25F3N2O2. The van der Waals surface area contributed by atoms with Crippen LogP contribution in [0.1, 0.15) is 20.3 Å². The molecule has 0 radical (unpaired) electrons. The first kappa shape index (κ1) is 19.2. The molecule has 0 unspecified atom stereocenters. The van der Waals surface area contributed by atoms with Gasteiger partial charge in [-0.15, -0.1) is 0 Å². The van der Waals surface area contributed by atoms with Gasteiger partial charge in [-0.05, 0) is 33.1 Å². The van der Waals surface area contributed by atoms with Crippen molar-refractivity contribution in [2.75, 3.05) is 46.9 Å². The van der Waals surface area contributed by atoms with Crippen LogP contribution in [-0.4, -0.2) is 68.8 Å². The molecule has 0 aliphatic carbocycles. The molecule has 4 nitrogen and oxygen atoms in total. The van der Waals surface area contributed by atoms with Gasteiger partial charge in [-0.1, -0.05) is 13.8 Å². The lowest BCUT2D eigenvalue weighted by atomic mass is 10.1. The first-order valence-electron chi connectivity index (χ1n) is 6.75. The maximum Gasteiger partial charge on any atom is 0.401 e. The average molecular weight is 298 g/mol. The molecule has 0 aliphatic rings. The van der Waals surface area contributed by atoms with Crippen molar-refractivity contribution in [1.29, 1.82) is 0 Å². The Kier molecular flexibility index (Phi) is 8.80. The van der Waals surface area contributed by atoms with Gasteiger partial charge >= 0.3 is 12.1 Å². The molecule has 0 N–H and O–H groups in total. The van der Waals surface area contributed by atoms with E-state index >= 15 is 0 Å². The zero-order chi connectivity index (χ0) is 15.8. The van der Waals surface area contributed by atoms with Crippen molar-refractivity contribution in [3.8, 4) is 0 Å². The minimum Gasteiger partial charge on any atom is -0.469 e. The third-order valence-electron chi connectivity index (χ3n) is 3.05. The molecule has 0 bridgehead atoms. The Balaban J connectivity index is 3.94. The molecule has 0 aromatic carbocycles. The van der Waals surface area contributed by atoms with E-state index in [1.165, 1.54) is 12.0 Å². The Morgan fingerprint density at radius 1 is 1.30 bits per heavy atom. The molecule has 20 heavy (non-hydrogen) atoms. The number of esters is 1. The lowest BCUT2D eigenvalue weighted by Crippen LogP contribution is -2.36. The number of rotatable bonds is 9. The van der Waals surface area contributed by atoms with Crippen LogP contribution < -0.4 is 0 Å². The number of alkyl halides is 3. The number of halogens is 3. The van der Waals surface area contributed by atoms with E-state index in [2.05, 4.69) is 4.74 Å². The molecule has 0 aromatic rings. The molecule has 7 heteroatoms. The SMILES string of the molecule is CCN(CCCN(C)C[C@H](C)C(=O)OC)CC(F)(F)F. The molecule has 0 spiro atoms. The largest absolute Gasteiger partial charge is 0.469 e. The lowest BCUT2D eigenvalue weighted by Gasteiger charge is -2.24. The number of nitrogens with zero attached hydrogens (tertiary/aromatic N) is 2. The van der Waals surface area contributed by atoms with Gasteiger partial charge < -0.3 is 9.64 Å². The van der Waals surface area contributed by atoms with E-state index in [-0.39, 0.29) is 11.9 Å². The van der Waals surface area contributed by atoms with Crippen LogP contribution in [0.5, 0.6) is 0 Å². The van der Waals surface area contributed by atoms with Crippen molar-refractivity contribution in [2.45, 2.75) is 26.4 Å². The molecule has 0 aromatic heterocycles. The fraction of sp³-hybridized carbons (Fsp3) is 0.923. The standard InChI is InChI=1S/C13H25F3N2O2/c1-5-18(10-13(14,15)16)8-6-7-17(3)9-11(2)12(19)20-4/h11H,5-10H2,1-4H3/t11-/m0/s1. The number of carbonyl (C=O) groups is 1. The monoisotopic (exact) mass is 298 g/mol. The van der Waals surface area contributed by atoms with Crippen LogP contribution in [0, 0.1) is 5.92 Å². The van der Waals surface area contributed by atoms with Crippen LogP contribution in [0.15, 0.2) is 0 Å². The Bertz CT molecular complexity index is 285. The fourth-order valence-corrected chi connectivity index (χ4v) is 2.00. The summed E-state index contributed by atoms with van der Waals surface area (Å²) in [4.78, 5) is 14.6. The molecule has 120 valence electrons. The van der Waals surface area contributed by atoms with Gasteiger partial charge in [0.15, 0.2) is 0 Å². The van der Waals surface area contributed by atoms with Crippen molar-refractivity contribution < 1.29 is 22.7 Å². The smallest absolute Gasteiger partial charge is 0.401 e. The van der Waals surface area contributed by atoms with E-state index in [1.54, 1.807) is 13.8 Å². The Labute approximate surface area is 118 Å². The molecule has 0 saturated carbocycles. The fourth-order valence-electron chi connectivity index (χ4n) is 2.00. The van der Waals surface area contributed by atoms with Crippen molar-refractivity contribution >= 4 is 5.97 Å². The second-order valence-electron chi connectivity index (χ2n) is 5.02. The zero-order valence-corrected chi connectivity index (χ0v) is 12.7. The van der Waals surface area contributed by atoms with E-state index in [0.717, 1.165) is 0 Å². The van der Waals surface area contributed by atoms with E-state index in [4.69, 9.17) is 0 Å². The van der Waals surface area contributed by atoms with Gasteiger partial charge in [0.25, 0.3) is 0 Å². The van der Waals surface area contributed by atoms with Gasteiger partial charge in [-0.25, -0.2) is 0 Å². The maximum absolute atomic E-state index is 12.3. The lowest BCUT2D eigenvalue weighted by molar-refractivity contribution is -0.146. The Morgan fingerprint density at radius 3 is 2.35 bits per heavy atom. The maximum atomic E-state index is 12.3. The topological polar surface area (TPSA) is 32.8 Å². The molecule has 0 fully saturated rings. The quantitative estimate of drug-likeness (QED) is 0.610. The van der Waals surface area contributed by atoms with Crippen LogP contribution in [0.3, 0.4) is 0 Å². The van der Waals surface area contributed by atoms with Gasteiger partial charge in [-0.3, -0.25) is 9.69 Å². The predicted octanol–water partition coefficient (Wildman–Crippen LogP) is 2.00. The number of ether oxygens (including phenoxy) is 1. The average Bonchev–Trinajstić information content (AvgIpc) is 2.34. The molecule has 0 heterocycles. The van der Waals surface area contributed by atoms with Crippen LogP contribution in [0.4, 0.5) is 13.2 Å².